The molecule has 3 atom stereocenters. The van der Waals surface area contributed by atoms with Crippen LogP contribution < -0.4 is 24.6 Å². The summed E-state index contributed by atoms with van der Waals surface area (Å²) in [5, 5.41) is 26.3. The third-order valence-corrected chi connectivity index (χ3v) is 11.1. The van der Waals surface area contributed by atoms with Gasteiger partial charge in [0.1, 0.15) is 16.1 Å². The minimum Gasteiger partial charge on any atom is -0.545 e. The molecule has 1 unspecified atom stereocenters. The van der Waals surface area contributed by atoms with Gasteiger partial charge in [0.05, 0.1) is 12.6 Å². The molecule has 2 bridgehead atoms. The Morgan fingerprint density at radius 1 is 0.944 bits per heavy atom. The number of rotatable bonds is 15. The van der Waals surface area contributed by atoms with Crippen LogP contribution in [-0.2, 0) is 16.0 Å². The van der Waals surface area contributed by atoms with Crippen LogP contribution in [0.3, 0.4) is 0 Å². The summed E-state index contributed by atoms with van der Waals surface area (Å²) < 4.78 is 44.5. The third kappa shape index (κ3) is 8.83. The molecule has 8 rings (SSSR count). The van der Waals surface area contributed by atoms with Gasteiger partial charge in [0.25, 0.3) is 0 Å². The Balaban J connectivity index is 1.29. The van der Waals surface area contributed by atoms with Crippen molar-refractivity contribution >= 4 is 40.8 Å². The number of nitrogens with zero attached hydrogens (tertiary/aromatic N) is 2. The molecule has 10 nitrogen and oxygen atoms in total. The number of benzene rings is 3. The number of aromatic carboxylic acids is 1. The molecular weight excluding hydrogens is 743 g/mol. The van der Waals surface area contributed by atoms with Gasteiger partial charge in [0, 0.05) is 34.0 Å². The van der Waals surface area contributed by atoms with Gasteiger partial charge >= 0.3 is 12.6 Å². The van der Waals surface area contributed by atoms with Crippen LogP contribution in [0.2, 0.25) is 10.0 Å². The summed E-state index contributed by atoms with van der Waals surface area (Å²) in [4.78, 5) is 29.0. The molecule has 4 heterocycles. The lowest BCUT2D eigenvalue weighted by atomic mass is 9.83. The number of carbonyl (C=O) groups is 2. The highest BCUT2D eigenvalue weighted by Crippen LogP contribution is 2.41. The van der Waals surface area contributed by atoms with Crippen LogP contribution in [-0.4, -0.2) is 61.0 Å². The number of carbonyl (C=O) groups excluding carboxylic acids is 2. The molecule has 1 saturated carbocycles. The largest absolute Gasteiger partial charge is 0.545 e. The molecule has 4 aromatic rings. The summed E-state index contributed by atoms with van der Waals surface area (Å²) in [7, 11) is 0. The Hall–Kier alpha value is -4.65. The minimum atomic E-state index is -3.11. The van der Waals surface area contributed by atoms with Gasteiger partial charge in [-0.3, -0.25) is 10.1 Å². The highest BCUT2D eigenvalue weighted by atomic mass is 35.5. The van der Waals surface area contributed by atoms with Gasteiger partial charge in [-0.1, -0.05) is 65.7 Å². The number of halogens is 4. The number of anilines is 1. The zero-order chi connectivity index (χ0) is 37.9. The van der Waals surface area contributed by atoms with Crippen molar-refractivity contribution in [1.29, 1.82) is 0 Å². The zero-order valence-electron chi connectivity index (χ0n) is 29.1. The number of nitrogens with one attached hydrogen (secondary N) is 1. The fourth-order valence-corrected chi connectivity index (χ4v) is 7.97. The molecule has 3 aliphatic heterocycles. The average molecular weight is 783 g/mol. The fourth-order valence-electron chi connectivity index (χ4n) is 7.36. The monoisotopic (exact) mass is 781 g/mol. The van der Waals surface area contributed by atoms with Crippen molar-refractivity contribution in [2.24, 2.45) is 11.8 Å². The summed E-state index contributed by atoms with van der Waals surface area (Å²) >= 11 is 13.2. The maximum atomic E-state index is 14.0. The van der Waals surface area contributed by atoms with Crippen molar-refractivity contribution in [3.63, 3.8) is 0 Å². The van der Waals surface area contributed by atoms with Crippen LogP contribution in [0.5, 0.6) is 11.5 Å². The Labute approximate surface area is 321 Å². The molecule has 4 aliphatic rings. The number of fused-ring (bicyclic) bond motifs is 3. The van der Waals surface area contributed by atoms with E-state index in [2.05, 4.69) is 10.2 Å². The molecular formula is C40H39Cl2F2N3O7. The topological polar surface area (TPSA) is 124 Å². The van der Waals surface area contributed by atoms with Gasteiger partial charge in [-0.2, -0.15) is 8.78 Å². The van der Waals surface area contributed by atoms with Crippen molar-refractivity contribution in [2.75, 3.05) is 31.6 Å². The minimum absolute atomic E-state index is 0.00306. The molecule has 4 fully saturated rings. The quantitative estimate of drug-likeness (QED) is 0.0798. The summed E-state index contributed by atoms with van der Waals surface area (Å²) in [6.45, 7) is -0.157. The molecule has 1 aliphatic carbocycles. The van der Waals surface area contributed by atoms with E-state index in [1.165, 1.54) is 24.5 Å². The van der Waals surface area contributed by atoms with Crippen molar-refractivity contribution in [2.45, 2.75) is 56.8 Å². The molecule has 1 aromatic heterocycles. The lowest BCUT2D eigenvalue weighted by molar-refractivity contribution is -0.904. The van der Waals surface area contributed by atoms with E-state index in [0.717, 1.165) is 38.8 Å². The number of carboxylic acid groups (broad SMARTS) is 1. The first-order valence-electron chi connectivity index (χ1n) is 17.9. The molecule has 3 saturated heterocycles. The maximum absolute atomic E-state index is 14.0. The first-order valence-corrected chi connectivity index (χ1v) is 18.7. The molecule has 54 heavy (non-hydrogen) atoms. The SMILES string of the molecule is O=C([O-])c1ccc(NC(C(=O)O[C@H]2CN3CCC2CC3)c2ccccc2)cc1[C@@H](Cc1c(Cl)c[n+](O)cc1Cl)c1ccc(OC(F)F)c(OCC2CC2)c1. The smallest absolute Gasteiger partial charge is 0.387 e. The lowest BCUT2D eigenvalue weighted by Gasteiger charge is -2.44. The second kappa shape index (κ2) is 16.4. The van der Waals surface area contributed by atoms with Gasteiger partial charge in [-0.25, -0.2) is 4.79 Å². The summed E-state index contributed by atoms with van der Waals surface area (Å²) in [5.74, 6) is -2.31. The zero-order valence-corrected chi connectivity index (χ0v) is 30.6. The fraction of sp³-hybridized carbons (Fsp3) is 0.375. The Bertz CT molecular complexity index is 1970. The van der Waals surface area contributed by atoms with Gasteiger partial charge in [-0.05, 0) is 98.0 Å². The van der Waals surface area contributed by atoms with Gasteiger partial charge in [0.15, 0.2) is 17.5 Å². The predicted molar refractivity (Wildman–Crippen MR) is 193 cm³/mol. The Morgan fingerprint density at radius 2 is 1.67 bits per heavy atom. The van der Waals surface area contributed by atoms with E-state index < -0.39 is 30.5 Å². The van der Waals surface area contributed by atoms with Crippen molar-refractivity contribution in [1.82, 2.24) is 4.90 Å². The number of carboxylic acids is 1. The number of hydrogen-bond acceptors (Lipinski definition) is 9. The summed E-state index contributed by atoms with van der Waals surface area (Å²) in [5.41, 5.74) is 2.00. The predicted octanol–water partition coefficient (Wildman–Crippen LogP) is 6.44. The van der Waals surface area contributed by atoms with E-state index in [1.807, 2.05) is 30.3 Å². The lowest BCUT2D eigenvalue weighted by Crippen LogP contribution is -2.52. The first kappa shape index (κ1) is 37.7. The van der Waals surface area contributed by atoms with Crippen LogP contribution in [0, 0.1) is 11.8 Å². The highest BCUT2D eigenvalue weighted by Gasteiger charge is 2.38. The standard InChI is InChI=1S/C40H39Cl2F2N3O7/c41-32-19-47(51)20-33(42)31(32)18-29(26-8-11-34(54-40(43)44)35(16-26)52-22-23-6-7-23)30-17-27(9-10-28(30)38(48)49)45-37(25-4-2-1-3-5-25)39(50)53-36-21-46-14-12-24(36)13-15-46/h1-5,8-11,16-17,19-20,23-24,29,36-37,40,45H,6-7,12-15,18,21-22H2,(H-,48,49,51)/t29-,36-,37?/m0/s1. The highest BCUT2D eigenvalue weighted by molar-refractivity contribution is 6.35. The van der Waals surface area contributed by atoms with Gasteiger partial charge < -0.3 is 29.4 Å². The number of aromatic nitrogens is 1. The van der Waals surface area contributed by atoms with Crippen molar-refractivity contribution < 1.29 is 47.6 Å². The summed E-state index contributed by atoms with van der Waals surface area (Å²) in [6.07, 6.45) is 6.09. The molecule has 284 valence electrons. The normalized spacial score (nSPS) is 20.3. The molecule has 3 aromatic carbocycles. The number of piperidine rings is 3. The van der Waals surface area contributed by atoms with Gasteiger partial charge in [0.2, 0.25) is 12.4 Å². The molecule has 0 amide bonds. The van der Waals surface area contributed by atoms with Gasteiger partial charge in [-0.15, -0.1) is 0 Å². The second-order valence-corrected chi connectivity index (χ2v) is 14.9. The van der Waals surface area contributed by atoms with Crippen molar-refractivity contribution in [3.05, 3.63) is 117 Å². The third-order valence-electron chi connectivity index (χ3n) is 10.4. The van der Waals surface area contributed by atoms with Crippen LogP contribution in [0.15, 0.2) is 79.1 Å². The number of esters is 1. The maximum Gasteiger partial charge on any atom is 0.387 e. The molecule has 0 spiro atoms. The van der Waals surface area contributed by atoms with Crippen LogP contribution in [0.4, 0.5) is 14.5 Å². The first-order chi connectivity index (χ1) is 26.0. The average Bonchev–Trinajstić information content (AvgIpc) is 3.98. The van der Waals surface area contributed by atoms with Crippen LogP contribution in [0.25, 0.3) is 0 Å². The number of ether oxygens (including phenoxy) is 3. The summed E-state index contributed by atoms with van der Waals surface area (Å²) in [6, 6.07) is 17.1. The van der Waals surface area contributed by atoms with E-state index in [9.17, 15) is 28.7 Å². The van der Waals surface area contributed by atoms with E-state index in [1.54, 1.807) is 24.3 Å². The van der Waals surface area contributed by atoms with E-state index in [0.29, 0.717) is 46.2 Å². The van der Waals surface area contributed by atoms with Crippen LogP contribution >= 0.6 is 23.2 Å². The Kier molecular flexibility index (Phi) is 11.4. The molecule has 2 N–H and O–H groups in total. The Morgan fingerprint density at radius 3 is 2.30 bits per heavy atom. The number of pyridine rings is 1. The van der Waals surface area contributed by atoms with E-state index in [-0.39, 0.29) is 51.1 Å². The number of alkyl halides is 2. The van der Waals surface area contributed by atoms with E-state index >= 15 is 0 Å². The van der Waals surface area contributed by atoms with Crippen molar-refractivity contribution in [3.8, 4) is 11.5 Å². The molecule has 0 radical (unpaired) electrons. The van der Waals surface area contributed by atoms with E-state index in [4.69, 9.17) is 37.4 Å². The number of hydrogen-bond donors (Lipinski definition) is 2. The molecule has 14 heteroatoms. The second-order valence-electron chi connectivity index (χ2n) is 14.1. The van der Waals surface area contributed by atoms with Crippen LogP contribution in [0.1, 0.15) is 70.3 Å².